The smallest absolute Gasteiger partial charge is 0.222 e. The van der Waals surface area contributed by atoms with Crippen molar-refractivity contribution in [3.05, 3.63) is 29.8 Å². The molecule has 2 atom stereocenters. The molecule has 1 amide bonds. The highest BCUT2D eigenvalue weighted by atomic mass is 35.5. The summed E-state index contributed by atoms with van der Waals surface area (Å²) in [6.45, 7) is 4.67. The fourth-order valence-electron chi connectivity index (χ4n) is 1.77. The number of nitrogens with one attached hydrogen (secondary N) is 1. The fourth-order valence-corrected chi connectivity index (χ4v) is 1.77. The molecule has 0 aliphatic rings. The molecule has 1 aromatic rings. The molecule has 0 bridgehead atoms. The molecule has 5 nitrogen and oxygen atoms in total. The number of carbonyl (C=O) groups is 1. The van der Waals surface area contributed by atoms with Crippen LogP contribution in [0.1, 0.15) is 18.9 Å². The molecule has 0 spiro atoms. The Kier molecular flexibility index (Phi) is 9.78. The number of hydrogen-bond acceptors (Lipinski definition) is 4. The first-order valence-electron chi connectivity index (χ1n) is 6.76. The Morgan fingerprint density at radius 2 is 2.14 bits per heavy atom. The van der Waals surface area contributed by atoms with Crippen LogP contribution in [0.2, 0.25) is 0 Å². The van der Waals surface area contributed by atoms with Crippen molar-refractivity contribution in [3.63, 3.8) is 0 Å². The number of benzene rings is 1. The van der Waals surface area contributed by atoms with Crippen LogP contribution in [0.25, 0.3) is 0 Å². The molecule has 0 fully saturated rings. The van der Waals surface area contributed by atoms with Crippen LogP contribution < -0.4 is 15.8 Å². The van der Waals surface area contributed by atoms with Gasteiger partial charge >= 0.3 is 0 Å². The second-order valence-electron chi connectivity index (χ2n) is 4.89. The molecular formula is C15H25ClN2O3. The van der Waals surface area contributed by atoms with Crippen molar-refractivity contribution in [3.8, 4) is 5.75 Å². The monoisotopic (exact) mass is 316 g/mol. The van der Waals surface area contributed by atoms with Gasteiger partial charge in [-0.1, -0.05) is 12.1 Å². The number of aryl methyl sites for hydroxylation is 1. The first-order valence-corrected chi connectivity index (χ1v) is 6.76. The molecule has 2 unspecified atom stereocenters. The fraction of sp³-hybridized carbons (Fsp3) is 0.533. The third-order valence-electron chi connectivity index (χ3n) is 2.91. The van der Waals surface area contributed by atoms with Crippen LogP contribution in [-0.4, -0.2) is 38.3 Å². The number of rotatable bonds is 8. The number of ether oxygens (including phenoxy) is 2. The van der Waals surface area contributed by atoms with E-state index in [9.17, 15) is 4.79 Å². The second-order valence-corrected chi connectivity index (χ2v) is 4.89. The zero-order valence-corrected chi connectivity index (χ0v) is 13.6. The van der Waals surface area contributed by atoms with Crippen molar-refractivity contribution in [2.75, 3.05) is 20.3 Å². The third-order valence-corrected chi connectivity index (χ3v) is 2.91. The number of hydrogen-bond donors (Lipinski definition) is 2. The zero-order chi connectivity index (χ0) is 15.0. The van der Waals surface area contributed by atoms with Crippen LogP contribution in [0.5, 0.6) is 5.75 Å². The number of methoxy groups -OCH3 is 1. The summed E-state index contributed by atoms with van der Waals surface area (Å²) >= 11 is 0. The number of nitrogens with two attached hydrogens (primary N) is 1. The van der Waals surface area contributed by atoms with Crippen molar-refractivity contribution in [2.45, 2.75) is 32.4 Å². The van der Waals surface area contributed by atoms with Gasteiger partial charge in [0.05, 0.1) is 18.6 Å². The van der Waals surface area contributed by atoms with Crippen LogP contribution in [-0.2, 0) is 9.53 Å². The molecule has 0 heterocycles. The molecule has 0 aromatic heterocycles. The van der Waals surface area contributed by atoms with Crippen molar-refractivity contribution in [1.82, 2.24) is 5.32 Å². The maximum atomic E-state index is 11.7. The topological polar surface area (TPSA) is 73.6 Å². The Morgan fingerprint density at radius 3 is 2.71 bits per heavy atom. The minimum atomic E-state index is -0.236. The predicted octanol–water partition coefficient (Wildman–Crippen LogP) is 1.66. The van der Waals surface area contributed by atoms with Crippen LogP contribution in [0, 0.1) is 6.92 Å². The van der Waals surface area contributed by atoms with E-state index in [0.29, 0.717) is 13.2 Å². The molecule has 0 saturated heterocycles. The van der Waals surface area contributed by atoms with Gasteiger partial charge in [0.1, 0.15) is 12.4 Å². The van der Waals surface area contributed by atoms with Crippen molar-refractivity contribution in [2.24, 2.45) is 5.73 Å². The minimum Gasteiger partial charge on any atom is -0.491 e. The minimum absolute atomic E-state index is 0. The van der Waals surface area contributed by atoms with Gasteiger partial charge in [-0.15, -0.1) is 12.4 Å². The Balaban J connectivity index is 0.00000400. The summed E-state index contributed by atoms with van der Waals surface area (Å²) in [5.41, 5.74) is 6.63. The van der Waals surface area contributed by atoms with E-state index in [4.69, 9.17) is 15.2 Å². The average Bonchev–Trinajstić information content (AvgIpc) is 2.42. The number of carbonyl (C=O) groups excluding carboxylic acids is 1. The molecule has 6 heteroatoms. The number of halogens is 1. The van der Waals surface area contributed by atoms with Crippen LogP contribution in [0.4, 0.5) is 0 Å². The highest BCUT2D eigenvalue weighted by molar-refractivity contribution is 5.85. The van der Waals surface area contributed by atoms with Gasteiger partial charge in [-0.3, -0.25) is 4.79 Å². The molecule has 1 aromatic carbocycles. The van der Waals surface area contributed by atoms with Crippen LogP contribution >= 0.6 is 12.4 Å². The quantitative estimate of drug-likeness (QED) is 0.765. The summed E-state index contributed by atoms with van der Waals surface area (Å²) in [5, 5.41) is 2.86. The first-order chi connectivity index (χ1) is 9.55. The highest BCUT2D eigenvalue weighted by Crippen LogP contribution is 2.12. The number of amides is 1. The lowest BCUT2D eigenvalue weighted by Crippen LogP contribution is -2.39. The van der Waals surface area contributed by atoms with E-state index in [-0.39, 0.29) is 36.9 Å². The maximum Gasteiger partial charge on any atom is 0.222 e. The Hall–Kier alpha value is -1.30. The van der Waals surface area contributed by atoms with Gasteiger partial charge in [-0.05, 0) is 31.5 Å². The van der Waals surface area contributed by atoms with E-state index < -0.39 is 0 Å². The molecular weight excluding hydrogens is 292 g/mol. The van der Waals surface area contributed by atoms with Gasteiger partial charge in [-0.2, -0.15) is 0 Å². The van der Waals surface area contributed by atoms with E-state index in [1.807, 2.05) is 38.1 Å². The molecule has 0 radical (unpaired) electrons. The Bertz CT molecular complexity index is 425. The SMILES string of the molecule is COC(CN)CC(=O)NC(C)COc1cccc(C)c1.Cl. The molecule has 21 heavy (non-hydrogen) atoms. The van der Waals surface area contributed by atoms with Gasteiger partial charge in [0.25, 0.3) is 0 Å². The van der Waals surface area contributed by atoms with E-state index in [2.05, 4.69) is 5.32 Å². The van der Waals surface area contributed by atoms with E-state index in [1.54, 1.807) is 7.11 Å². The lowest BCUT2D eigenvalue weighted by atomic mass is 10.2. The summed E-state index contributed by atoms with van der Waals surface area (Å²) in [4.78, 5) is 11.7. The molecule has 1 rings (SSSR count). The molecule has 120 valence electrons. The largest absolute Gasteiger partial charge is 0.491 e. The zero-order valence-electron chi connectivity index (χ0n) is 12.8. The van der Waals surface area contributed by atoms with E-state index >= 15 is 0 Å². The molecule has 0 aliphatic heterocycles. The van der Waals surface area contributed by atoms with Crippen LogP contribution in [0.3, 0.4) is 0 Å². The summed E-state index contributed by atoms with van der Waals surface area (Å²) in [6.07, 6.45) is 0.0294. The lowest BCUT2D eigenvalue weighted by Gasteiger charge is -2.17. The average molecular weight is 317 g/mol. The standard InChI is InChI=1S/C15H24N2O3.ClH/c1-11-5-4-6-13(7-11)20-10-12(2)17-15(18)8-14(9-16)19-3;/h4-7,12,14H,8-10,16H2,1-3H3,(H,17,18);1H. The molecule has 3 N–H and O–H groups in total. The Labute approximate surface area is 132 Å². The highest BCUT2D eigenvalue weighted by Gasteiger charge is 2.13. The van der Waals surface area contributed by atoms with Gasteiger partial charge in [0.2, 0.25) is 5.91 Å². The van der Waals surface area contributed by atoms with Crippen LogP contribution in [0.15, 0.2) is 24.3 Å². The summed E-state index contributed by atoms with van der Waals surface area (Å²) in [5.74, 6) is 0.727. The lowest BCUT2D eigenvalue weighted by molar-refractivity contribution is -0.124. The molecule has 0 aliphatic carbocycles. The van der Waals surface area contributed by atoms with Crippen molar-refractivity contribution >= 4 is 18.3 Å². The third kappa shape index (κ3) is 7.90. The van der Waals surface area contributed by atoms with Gasteiger partial charge in [-0.25, -0.2) is 0 Å². The van der Waals surface area contributed by atoms with Gasteiger partial charge < -0.3 is 20.5 Å². The summed E-state index contributed by atoms with van der Waals surface area (Å²) < 4.78 is 10.7. The van der Waals surface area contributed by atoms with E-state index in [0.717, 1.165) is 11.3 Å². The Morgan fingerprint density at radius 1 is 1.43 bits per heavy atom. The van der Waals surface area contributed by atoms with Crippen molar-refractivity contribution < 1.29 is 14.3 Å². The normalized spacial score (nSPS) is 13.0. The first kappa shape index (κ1) is 19.7. The predicted molar refractivity (Wildman–Crippen MR) is 86.0 cm³/mol. The van der Waals surface area contributed by atoms with Gasteiger partial charge in [0, 0.05) is 13.7 Å². The van der Waals surface area contributed by atoms with E-state index in [1.165, 1.54) is 0 Å². The van der Waals surface area contributed by atoms with Crippen molar-refractivity contribution in [1.29, 1.82) is 0 Å². The molecule has 0 saturated carbocycles. The summed E-state index contributed by atoms with van der Waals surface area (Å²) in [6, 6.07) is 7.74. The second kappa shape index (κ2) is 10.4. The maximum absolute atomic E-state index is 11.7. The summed E-state index contributed by atoms with van der Waals surface area (Å²) in [7, 11) is 1.55. The van der Waals surface area contributed by atoms with Gasteiger partial charge in [0.15, 0.2) is 0 Å².